The normalized spacial score (nSPS) is 22.6. The number of unbranched alkanes of at least 4 members (excludes halogenated alkanes) is 1. The van der Waals surface area contributed by atoms with Crippen molar-refractivity contribution in [3.05, 3.63) is 77.5 Å². The highest BCUT2D eigenvalue weighted by Gasteiger charge is 2.40. The molecule has 0 bridgehead atoms. The van der Waals surface area contributed by atoms with Crippen LogP contribution in [0.25, 0.3) is 6.08 Å². The van der Waals surface area contributed by atoms with E-state index in [-0.39, 0.29) is 30.9 Å². The summed E-state index contributed by atoms with van der Waals surface area (Å²) in [6.45, 7) is 0.359. The second kappa shape index (κ2) is 14.2. The van der Waals surface area contributed by atoms with Crippen LogP contribution in [-0.2, 0) is 30.4 Å². The lowest BCUT2D eigenvalue weighted by atomic mass is 10.0. The lowest BCUT2D eigenvalue weighted by molar-refractivity contribution is -0.142. The smallest absolute Gasteiger partial charge is 0.268 e. The van der Waals surface area contributed by atoms with Gasteiger partial charge < -0.3 is 20.9 Å². The molecule has 216 valence electrons. The Kier molecular flexibility index (Phi) is 10.2. The van der Waals surface area contributed by atoms with E-state index in [4.69, 9.17) is 5.21 Å². The number of hydrogen-bond acceptors (Lipinski definition) is 6. The zero-order valence-corrected chi connectivity index (χ0v) is 22.7. The first-order valence-corrected chi connectivity index (χ1v) is 13.8. The summed E-state index contributed by atoms with van der Waals surface area (Å²) in [5.41, 5.74) is 3.00. The van der Waals surface area contributed by atoms with E-state index in [9.17, 15) is 24.0 Å². The van der Waals surface area contributed by atoms with Gasteiger partial charge in [0.25, 0.3) is 5.91 Å². The molecule has 0 unspecified atom stereocenters. The van der Waals surface area contributed by atoms with Crippen molar-refractivity contribution in [1.29, 1.82) is 0 Å². The summed E-state index contributed by atoms with van der Waals surface area (Å²) in [4.78, 5) is 67.2. The van der Waals surface area contributed by atoms with Gasteiger partial charge in [0.05, 0.1) is 0 Å². The number of hydroxylamine groups is 1. The molecular weight excluding hydrogens is 526 g/mol. The fourth-order valence-electron chi connectivity index (χ4n) is 5.11. The van der Waals surface area contributed by atoms with Gasteiger partial charge in [-0.25, -0.2) is 5.48 Å². The number of rotatable bonds is 8. The maximum Gasteiger partial charge on any atom is 0.268 e. The van der Waals surface area contributed by atoms with Crippen LogP contribution in [0.4, 0.5) is 0 Å². The van der Waals surface area contributed by atoms with Gasteiger partial charge in [0.2, 0.25) is 23.6 Å². The van der Waals surface area contributed by atoms with E-state index in [1.807, 2.05) is 36.4 Å². The van der Waals surface area contributed by atoms with Gasteiger partial charge in [0.15, 0.2) is 0 Å². The van der Waals surface area contributed by atoms with E-state index >= 15 is 0 Å². The number of carbonyl (C=O) groups excluding carboxylic acids is 5. The molecule has 0 spiro atoms. The average molecular weight is 562 g/mol. The molecule has 0 aliphatic carbocycles. The van der Waals surface area contributed by atoms with Gasteiger partial charge in [-0.2, -0.15) is 0 Å². The first kappa shape index (κ1) is 29.5. The van der Waals surface area contributed by atoms with Crippen LogP contribution in [0.5, 0.6) is 0 Å². The van der Waals surface area contributed by atoms with Crippen molar-refractivity contribution in [2.75, 3.05) is 6.54 Å². The molecule has 2 aromatic carbocycles. The maximum atomic E-state index is 13.8. The van der Waals surface area contributed by atoms with Crippen molar-refractivity contribution in [3.8, 4) is 0 Å². The van der Waals surface area contributed by atoms with E-state index in [0.717, 1.165) is 5.56 Å². The van der Waals surface area contributed by atoms with Gasteiger partial charge in [0.1, 0.15) is 23.8 Å². The van der Waals surface area contributed by atoms with E-state index < -0.39 is 41.8 Å². The predicted octanol–water partition coefficient (Wildman–Crippen LogP) is 1.43. The number of amides is 5. The van der Waals surface area contributed by atoms with E-state index in [1.165, 1.54) is 11.0 Å². The molecule has 0 saturated carbocycles. The number of benzene rings is 2. The lowest BCUT2D eigenvalue weighted by Gasteiger charge is -2.31. The van der Waals surface area contributed by atoms with Crippen LogP contribution in [0.1, 0.15) is 49.7 Å². The van der Waals surface area contributed by atoms with Crippen molar-refractivity contribution in [2.45, 2.75) is 63.1 Å². The van der Waals surface area contributed by atoms with Crippen LogP contribution in [0, 0.1) is 0 Å². The van der Waals surface area contributed by atoms with Crippen LogP contribution in [0.3, 0.4) is 0 Å². The van der Waals surface area contributed by atoms with Crippen LogP contribution in [0.15, 0.2) is 66.4 Å². The third-order valence-electron chi connectivity index (χ3n) is 7.24. The van der Waals surface area contributed by atoms with Crippen molar-refractivity contribution < 1.29 is 29.2 Å². The summed E-state index contributed by atoms with van der Waals surface area (Å²) in [5, 5.41) is 17.0. The third-order valence-corrected chi connectivity index (χ3v) is 7.24. The van der Waals surface area contributed by atoms with Crippen molar-refractivity contribution in [3.63, 3.8) is 0 Å². The Morgan fingerprint density at radius 3 is 2.34 bits per heavy atom. The maximum absolute atomic E-state index is 13.8. The molecule has 2 aliphatic heterocycles. The van der Waals surface area contributed by atoms with Gasteiger partial charge >= 0.3 is 0 Å². The molecule has 5 amide bonds. The quantitative estimate of drug-likeness (QED) is 0.142. The second-order valence-electron chi connectivity index (χ2n) is 10.2. The van der Waals surface area contributed by atoms with Crippen LogP contribution in [-0.4, -0.2) is 64.3 Å². The minimum absolute atomic E-state index is 0.0497. The molecule has 11 heteroatoms. The third kappa shape index (κ3) is 8.01. The average Bonchev–Trinajstić information content (AvgIpc) is 3.48. The number of fused-ring (bicyclic) bond motifs is 1. The molecule has 3 atom stereocenters. The van der Waals surface area contributed by atoms with Crippen molar-refractivity contribution >= 4 is 35.6 Å². The summed E-state index contributed by atoms with van der Waals surface area (Å²) in [6.07, 6.45) is 3.79. The summed E-state index contributed by atoms with van der Waals surface area (Å²) < 4.78 is 0. The molecule has 0 radical (unpaired) electrons. The summed E-state index contributed by atoms with van der Waals surface area (Å²) in [7, 11) is 0. The van der Waals surface area contributed by atoms with Crippen LogP contribution < -0.4 is 21.4 Å². The van der Waals surface area contributed by atoms with Gasteiger partial charge in [-0.15, -0.1) is 0 Å². The summed E-state index contributed by atoms with van der Waals surface area (Å²) in [6, 6.07) is 15.5. The Bertz CT molecular complexity index is 1280. The van der Waals surface area contributed by atoms with Crippen LogP contribution >= 0.6 is 0 Å². The SMILES string of the molecule is O=C(CCCC[C@@H]1NC(=O)[C@H]2CCCN2C(=O)[C@H](Cc2ccccc2)NC(=O)/C(=C\c2ccccc2)NC1=O)NO. The minimum Gasteiger partial charge on any atom is -0.343 e. The van der Waals surface area contributed by atoms with Crippen molar-refractivity contribution in [2.24, 2.45) is 0 Å². The summed E-state index contributed by atoms with van der Waals surface area (Å²) >= 11 is 0. The van der Waals surface area contributed by atoms with Crippen LogP contribution in [0.2, 0.25) is 0 Å². The molecular formula is C30H35N5O6. The van der Waals surface area contributed by atoms with E-state index in [2.05, 4.69) is 16.0 Å². The van der Waals surface area contributed by atoms with Gasteiger partial charge in [-0.05, 0) is 42.9 Å². The largest absolute Gasteiger partial charge is 0.343 e. The van der Waals surface area contributed by atoms with Gasteiger partial charge in [-0.1, -0.05) is 67.1 Å². The Balaban J connectivity index is 1.66. The minimum atomic E-state index is -1.01. The fourth-order valence-corrected chi connectivity index (χ4v) is 5.11. The number of nitrogens with zero attached hydrogens (tertiary/aromatic N) is 1. The molecule has 2 heterocycles. The Hall–Kier alpha value is -4.51. The molecule has 2 aromatic rings. The molecule has 5 N–H and O–H groups in total. The molecule has 2 saturated heterocycles. The Morgan fingerprint density at radius 2 is 1.63 bits per heavy atom. The number of hydrogen-bond donors (Lipinski definition) is 5. The monoisotopic (exact) mass is 561 g/mol. The summed E-state index contributed by atoms with van der Waals surface area (Å²) in [5.74, 6) is -2.57. The van der Waals surface area contributed by atoms with E-state index in [1.54, 1.807) is 29.7 Å². The first-order valence-electron chi connectivity index (χ1n) is 13.8. The zero-order valence-electron chi connectivity index (χ0n) is 22.7. The molecule has 2 fully saturated rings. The fraction of sp³-hybridized carbons (Fsp3) is 0.367. The second-order valence-corrected chi connectivity index (χ2v) is 10.2. The zero-order chi connectivity index (χ0) is 29.2. The highest BCUT2D eigenvalue weighted by Crippen LogP contribution is 2.21. The standard InChI is InChI=1S/C30H35N5O6/c36-26(34-41)16-8-7-14-22-27(37)32-23(18-20-10-3-1-4-11-20)28(38)33-24(19-21-12-5-2-6-13-21)30(40)35-17-9-15-25(35)29(39)31-22/h1-6,10-13,18,22,24-25,41H,7-9,14-17,19H2,(H,31,39)(H,32,37)(H,33,38)(H,34,36)/b23-18+/t22-,24-,25+/m0/s1. The Labute approximate surface area is 238 Å². The molecule has 41 heavy (non-hydrogen) atoms. The predicted molar refractivity (Wildman–Crippen MR) is 150 cm³/mol. The van der Waals surface area contributed by atoms with Crippen molar-refractivity contribution in [1.82, 2.24) is 26.3 Å². The lowest BCUT2D eigenvalue weighted by Crippen LogP contribution is -2.58. The first-order chi connectivity index (χ1) is 19.9. The highest BCUT2D eigenvalue weighted by atomic mass is 16.5. The van der Waals surface area contributed by atoms with Gasteiger partial charge in [-0.3, -0.25) is 29.2 Å². The van der Waals surface area contributed by atoms with E-state index in [0.29, 0.717) is 37.8 Å². The Morgan fingerprint density at radius 1 is 0.927 bits per heavy atom. The molecule has 0 aromatic heterocycles. The topological polar surface area (TPSA) is 157 Å². The highest BCUT2D eigenvalue weighted by molar-refractivity contribution is 6.05. The molecule has 2 aliphatic rings. The molecule has 4 rings (SSSR count). The van der Waals surface area contributed by atoms with Gasteiger partial charge in [0, 0.05) is 19.4 Å². The number of carbonyl (C=O) groups is 5. The molecule has 11 nitrogen and oxygen atoms in total. The number of nitrogens with one attached hydrogen (secondary N) is 4.